The minimum atomic E-state index is -0.658. The van der Waals surface area contributed by atoms with E-state index in [0.29, 0.717) is 18.0 Å². The fourth-order valence-electron chi connectivity index (χ4n) is 3.96. The molecular weight excluding hydrogens is 361 g/mol. The molecule has 2 aromatic rings. The summed E-state index contributed by atoms with van der Waals surface area (Å²) in [5, 5.41) is 4.14. The van der Waals surface area contributed by atoms with E-state index in [4.69, 9.17) is 16.2 Å². The molecule has 4 N–H and O–H groups in total. The molecule has 0 amide bonds. The number of rotatable bonds is 4. The van der Waals surface area contributed by atoms with Crippen LogP contribution >= 0.6 is 0 Å². The third-order valence-corrected chi connectivity index (χ3v) is 5.17. The van der Waals surface area contributed by atoms with Crippen LogP contribution in [-0.2, 0) is 13.7 Å². The van der Waals surface area contributed by atoms with Crippen LogP contribution in [-0.4, -0.2) is 27.4 Å². The van der Waals surface area contributed by atoms with Crippen molar-refractivity contribution in [1.29, 1.82) is 0 Å². The van der Waals surface area contributed by atoms with E-state index in [1.54, 1.807) is 21.8 Å². The summed E-state index contributed by atoms with van der Waals surface area (Å²) in [5.74, 6) is 0.477. The molecule has 1 aliphatic carbocycles. The number of guanidine groups is 2. The average Bonchev–Trinajstić information content (AvgIpc) is 3.06. The second-order valence-electron chi connectivity index (χ2n) is 7.24. The molecule has 0 unspecified atom stereocenters. The maximum Gasteiger partial charge on any atom is 0.220 e. The first-order valence-corrected chi connectivity index (χ1v) is 9.36. The molecule has 0 radical (unpaired) electrons. The number of nitrogens with two attached hydrogens (primary N) is 2. The fourth-order valence-corrected chi connectivity index (χ4v) is 3.96. The molecule has 28 heavy (non-hydrogen) atoms. The molecule has 1 fully saturated rings. The molecule has 2 aliphatic rings. The Morgan fingerprint density at radius 1 is 1.21 bits per heavy atom. The van der Waals surface area contributed by atoms with Gasteiger partial charge in [0.15, 0.2) is 0 Å². The largest absolute Gasteiger partial charge is 0.487 e. The number of aryl methyl sites for hydroxylation is 1. The summed E-state index contributed by atoms with van der Waals surface area (Å²) in [6.45, 7) is 0.301. The Labute approximate surface area is 162 Å². The first-order valence-electron chi connectivity index (χ1n) is 9.36. The second-order valence-corrected chi connectivity index (χ2v) is 7.24. The van der Waals surface area contributed by atoms with Crippen molar-refractivity contribution < 1.29 is 9.13 Å². The van der Waals surface area contributed by atoms with E-state index >= 15 is 0 Å². The number of halogens is 1. The van der Waals surface area contributed by atoms with Gasteiger partial charge in [-0.3, -0.25) is 9.58 Å². The van der Waals surface area contributed by atoms with Gasteiger partial charge in [0.2, 0.25) is 11.9 Å². The van der Waals surface area contributed by atoms with Gasteiger partial charge in [-0.15, -0.1) is 0 Å². The zero-order valence-electron chi connectivity index (χ0n) is 15.8. The summed E-state index contributed by atoms with van der Waals surface area (Å²) < 4.78 is 21.9. The summed E-state index contributed by atoms with van der Waals surface area (Å²) in [4.78, 5) is 10.6. The molecule has 148 valence electrons. The Bertz CT molecular complexity index is 930. The first kappa shape index (κ1) is 18.3. The molecule has 4 rings (SSSR count). The zero-order valence-corrected chi connectivity index (χ0v) is 15.8. The highest BCUT2D eigenvalue weighted by Gasteiger charge is 2.43. The molecule has 1 spiro atoms. The smallest absolute Gasteiger partial charge is 0.220 e. The van der Waals surface area contributed by atoms with Crippen LogP contribution in [0.4, 0.5) is 10.1 Å². The van der Waals surface area contributed by atoms with Crippen LogP contribution in [0.25, 0.3) is 0 Å². The molecule has 0 bridgehead atoms. The number of hydrogen-bond donors (Lipinski definition) is 2. The summed E-state index contributed by atoms with van der Waals surface area (Å²) in [7, 11) is 1.84. The van der Waals surface area contributed by atoms with E-state index in [1.807, 2.05) is 13.2 Å². The van der Waals surface area contributed by atoms with Gasteiger partial charge in [-0.25, -0.2) is 9.38 Å². The molecule has 2 heterocycles. The Kier molecular flexibility index (Phi) is 4.66. The molecular formula is C19H24FN7O. The highest BCUT2D eigenvalue weighted by molar-refractivity contribution is 6.06. The molecule has 1 aliphatic heterocycles. The van der Waals surface area contributed by atoms with Crippen LogP contribution in [0.5, 0.6) is 5.75 Å². The lowest BCUT2D eigenvalue weighted by Crippen LogP contribution is -2.58. The Hall–Kier alpha value is -3.10. The van der Waals surface area contributed by atoms with Gasteiger partial charge < -0.3 is 16.2 Å². The molecule has 0 saturated heterocycles. The predicted octanol–water partition coefficient (Wildman–Crippen LogP) is 2.25. The number of benzene rings is 1. The third-order valence-electron chi connectivity index (χ3n) is 5.17. The van der Waals surface area contributed by atoms with Crippen molar-refractivity contribution >= 4 is 17.6 Å². The second kappa shape index (κ2) is 7.14. The van der Waals surface area contributed by atoms with E-state index in [1.165, 1.54) is 12.1 Å². The number of hydrogen-bond acceptors (Lipinski definition) is 7. The summed E-state index contributed by atoms with van der Waals surface area (Å²) in [6, 6.07) is 4.38. The van der Waals surface area contributed by atoms with Crippen LogP contribution in [0.2, 0.25) is 0 Å². The summed E-state index contributed by atoms with van der Waals surface area (Å²) in [5.41, 5.74) is 12.9. The lowest BCUT2D eigenvalue weighted by molar-refractivity contribution is 0.289. The van der Waals surface area contributed by atoms with Crippen LogP contribution in [0.3, 0.4) is 0 Å². The Morgan fingerprint density at radius 3 is 2.71 bits per heavy atom. The monoisotopic (exact) mass is 385 g/mol. The quantitative estimate of drug-likeness (QED) is 0.839. The van der Waals surface area contributed by atoms with E-state index in [-0.39, 0.29) is 17.7 Å². The first-order chi connectivity index (χ1) is 13.5. The van der Waals surface area contributed by atoms with Crippen molar-refractivity contribution in [3.05, 3.63) is 42.0 Å². The molecule has 8 nitrogen and oxygen atoms in total. The van der Waals surface area contributed by atoms with E-state index in [9.17, 15) is 4.39 Å². The fraction of sp³-hybridized carbons (Fsp3) is 0.421. The van der Waals surface area contributed by atoms with Crippen LogP contribution < -0.4 is 21.1 Å². The predicted molar refractivity (Wildman–Crippen MR) is 105 cm³/mol. The van der Waals surface area contributed by atoms with Crippen molar-refractivity contribution in [2.24, 2.45) is 28.5 Å². The van der Waals surface area contributed by atoms with Gasteiger partial charge >= 0.3 is 0 Å². The zero-order chi connectivity index (χ0) is 19.7. The Morgan fingerprint density at radius 2 is 2.00 bits per heavy atom. The summed E-state index contributed by atoms with van der Waals surface area (Å²) in [6.07, 6.45) is 8.23. The van der Waals surface area contributed by atoms with Gasteiger partial charge in [-0.1, -0.05) is 6.42 Å². The maximum atomic E-state index is 14.2. The van der Waals surface area contributed by atoms with Crippen molar-refractivity contribution in [1.82, 2.24) is 9.78 Å². The third kappa shape index (κ3) is 3.39. The maximum absolute atomic E-state index is 14.2. The lowest BCUT2D eigenvalue weighted by Gasteiger charge is -2.45. The highest BCUT2D eigenvalue weighted by atomic mass is 19.1. The highest BCUT2D eigenvalue weighted by Crippen LogP contribution is 2.43. The number of aromatic nitrogens is 2. The number of aliphatic imine (C=N–C) groups is 2. The molecule has 1 aromatic heterocycles. The van der Waals surface area contributed by atoms with Gasteiger partial charge in [-0.05, 0) is 37.8 Å². The minimum Gasteiger partial charge on any atom is -0.487 e. The van der Waals surface area contributed by atoms with Gasteiger partial charge in [0.05, 0.1) is 11.9 Å². The summed E-state index contributed by atoms with van der Waals surface area (Å²) >= 11 is 0. The van der Waals surface area contributed by atoms with Gasteiger partial charge in [0.1, 0.15) is 23.8 Å². The number of nitrogens with zero attached hydrogens (tertiary/aromatic N) is 5. The van der Waals surface area contributed by atoms with E-state index in [2.05, 4.69) is 15.1 Å². The molecule has 1 saturated carbocycles. The Balaban J connectivity index is 1.71. The number of ether oxygens (including phenoxy) is 1. The van der Waals surface area contributed by atoms with Crippen LogP contribution in [0.1, 0.15) is 37.7 Å². The van der Waals surface area contributed by atoms with Crippen molar-refractivity contribution in [2.45, 2.75) is 44.4 Å². The van der Waals surface area contributed by atoms with Crippen molar-refractivity contribution in [3.8, 4) is 5.75 Å². The van der Waals surface area contributed by atoms with Crippen molar-refractivity contribution in [3.63, 3.8) is 0 Å². The number of anilines is 1. The van der Waals surface area contributed by atoms with Crippen LogP contribution in [0, 0.1) is 5.82 Å². The van der Waals surface area contributed by atoms with Gasteiger partial charge in [0.25, 0.3) is 0 Å². The molecule has 1 aromatic carbocycles. The van der Waals surface area contributed by atoms with Gasteiger partial charge in [-0.2, -0.15) is 10.1 Å². The SMILES string of the molecule is Cn1cc(COc2ccc(F)cc2N2C(N)=NC(N)=NC23CCCCC3)cn1. The molecule has 0 atom stereocenters. The van der Waals surface area contributed by atoms with E-state index < -0.39 is 5.66 Å². The normalized spacial score (nSPS) is 18.7. The topological polar surface area (TPSA) is 107 Å². The molecule has 9 heteroatoms. The standard InChI is InChI=1S/C19H24FN7O/c1-26-11-13(10-23-26)12-28-16-6-5-14(20)9-15(16)27-18(22)24-17(21)25-19(27)7-3-2-4-8-19/h5-6,9-11H,2-4,7-8,12H2,1H3,(H4,21,22,24,25). The van der Waals surface area contributed by atoms with Crippen molar-refractivity contribution in [2.75, 3.05) is 4.90 Å². The van der Waals surface area contributed by atoms with Crippen LogP contribution in [0.15, 0.2) is 40.6 Å². The minimum absolute atomic E-state index is 0.157. The average molecular weight is 385 g/mol. The van der Waals surface area contributed by atoms with E-state index in [0.717, 1.165) is 37.7 Å². The lowest BCUT2D eigenvalue weighted by atomic mass is 9.87. The van der Waals surface area contributed by atoms with Gasteiger partial charge in [0, 0.05) is 24.9 Å².